The Labute approximate surface area is 215 Å². The molecule has 2 amide bonds. The van der Waals surface area contributed by atoms with E-state index in [1.54, 1.807) is 18.3 Å². The lowest BCUT2D eigenvalue weighted by atomic mass is 9.79. The van der Waals surface area contributed by atoms with E-state index in [9.17, 15) is 23.2 Å². The summed E-state index contributed by atoms with van der Waals surface area (Å²) in [5, 5.41) is 14.6. The minimum absolute atomic E-state index is 0.0536. The molecule has 1 aliphatic heterocycles. The van der Waals surface area contributed by atoms with Gasteiger partial charge < -0.3 is 10.1 Å². The molecule has 2 N–H and O–H groups in total. The second-order valence-electron chi connectivity index (χ2n) is 9.77. The number of rotatable bonds is 8. The lowest BCUT2D eigenvalue weighted by Crippen LogP contribution is -2.53. The van der Waals surface area contributed by atoms with Gasteiger partial charge in [-0.25, -0.2) is 8.42 Å². The van der Waals surface area contributed by atoms with Gasteiger partial charge in [0.05, 0.1) is 21.6 Å². The molecule has 3 aromatic rings. The number of piperidine rings is 1. The number of ether oxygens (including phenoxy) is 1. The Balaban J connectivity index is 1.30. The van der Waals surface area contributed by atoms with Crippen molar-refractivity contribution < 1.29 is 28.0 Å². The number of carbonyl (C=O) groups is 2. The molecule has 37 heavy (non-hydrogen) atoms. The Morgan fingerprint density at radius 1 is 1.05 bits per heavy atom. The van der Waals surface area contributed by atoms with Gasteiger partial charge in [-0.15, -0.1) is 0 Å². The fraction of sp³-hybridized carbons (Fsp3) is 0.370. The van der Waals surface area contributed by atoms with E-state index in [1.807, 2.05) is 30.3 Å². The van der Waals surface area contributed by atoms with Crippen molar-refractivity contribution in [3.05, 3.63) is 66.4 Å². The van der Waals surface area contributed by atoms with Gasteiger partial charge >= 0.3 is 0 Å². The number of fused-ring (bicyclic) bond motifs is 1. The van der Waals surface area contributed by atoms with Crippen LogP contribution in [0.3, 0.4) is 0 Å². The molecule has 194 valence electrons. The molecule has 5 rings (SSSR count). The molecule has 1 aliphatic carbocycles. The van der Waals surface area contributed by atoms with Gasteiger partial charge in [0.25, 0.3) is 11.8 Å². The lowest BCUT2D eigenvalue weighted by molar-refractivity contribution is -0.188. The molecule has 1 saturated heterocycles. The number of hydrogen-bond donors (Lipinski definition) is 2. The maximum atomic E-state index is 13.4. The van der Waals surface area contributed by atoms with Crippen molar-refractivity contribution in [1.29, 1.82) is 0 Å². The van der Waals surface area contributed by atoms with Gasteiger partial charge in [0, 0.05) is 23.1 Å². The van der Waals surface area contributed by atoms with Crippen molar-refractivity contribution in [3.63, 3.8) is 0 Å². The number of para-hydroxylation sites is 1. The molecule has 0 bridgehead atoms. The highest BCUT2D eigenvalue weighted by Crippen LogP contribution is 2.37. The first-order valence-corrected chi connectivity index (χ1v) is 14.0. The largest absolute Gasteiger partial charge is 0.489 e. The van der Waals surface area contributed by atoms with E-state index < -0.39 is 32.8 Å². The summed E-state index contributed by atoms with van der Waals surface area (Å²) in [5.74, 6) is -1.83. The molecule has 10 heteroatoms. The zero-order valence-electron chi connectivity index (χ0n) is 20.3. The van der Waals surface area contributed by atoms with Gasteiger partial charge in [0.1, 0.15) is 12.4 Å². The van der Waals surface area contributed by atoms with Crippen LogP contribution in [0.15, 0.2) is 65.7 Å². The predicted octanol–water partition coefficient (Wildman–Crippen LogP) is 3.11. The van der Waals surface area contributed by atoms with Crippen LogP contribution in [0.1, 0.15) is 31.2 Å². The number of imide groups is 1. The van der Waals surface area contributed by atoms with Gasteiger partial charge in [0.2, 0.25) is 0 Å². The van der Waals surface area contributed by atoms with E-state index in [0.717, 1.165) is 16.5 Å². The quantitative estimate of drug-likeness (QED) is 0.262. The van der Waals surface area contributed by atoms with Gasteiger partial charge in [-0.2, -0.15) is 5.06 Å². The number of hydrogen-bond acceptors (Lipinski definition) is 8. The summed E-state index contributed by atoms with van der Waals surface area (Å²) in [6, 6.07) is 15.7. The highest BCUT2D eigenvalue weighted by molar-refractivity contribution is 7.91. The number of nitrogens with zero attached hydrogens (tertiary/aromatic N) is 2. The number of sulfone groups is 1. The van der Waals surface area contributed by atoms with Crippen LogP contribution in [0.5, 0.6) is 5.75 Å². The summed E-state index contributed by atoms with van der Waals surface area (Å²) in [4.78, 5) is 29.9. The third-order valence-corrected chi connectivity index (χ3v) is 9.05. The normalized spacial score (nSPS) is 17.3. The van der Waals surface area contributed by atoms with Crippen LogP contribution in [0, 0.1) is 11.3 Å². The van der Waals surface area contributed by atoms with Crippen LogP contribution >= 0.6 is 0 Å². The van der Waals surface area contributed by atoms with E-state index in [2.05, 4.69) is 10.3 Å². The minimum atomic E-state index is -3.90. The van der Waals surface area contributed by atoms with Crippen LogP contribution < -0.4 is 10.1 Å². The van der Waals surface area contributed by atoms with Crippen molar-refractivity contribution in [3.8, 4) is 5.75 Å². The first kappa shape index (κ1) is 25.3. The molecular weight excluding hydrogens is 494 g/mol. The van der Waals surface area contributed by atoms with Crippen LogP contribution in [0.4, 0.5) is 0 Å². The summed E-state index contributed by atoms with van der Waals surface area (Å²) >= 11 is 0. The van der Waals surface area contributed by atoms with E-state index in [4.69, 9.17) is 4.74 Å². The minimum Gasteiger partial charge on any atom is -0.489 e. The molecule has 0 spiro atoms. The fourth-order valence-electron chi connectivity index (χ4n) is 4.79. The Kier molecular flexibility index (Phi) is 6.98. The van der Waals surface area contributed by atoms with E-state index in [-0.39, 0.29) is 28.7 Å². The van der Waals surface area contributed by atoms with E-state index >= 15 is 0 Å². The Bertz CT molecular complexity index is 1410. The molecular formula is C27H29N3O6S. The van der Waals surface area contributed by atoms with Crippen molar-refractivity contribution >= 4 is 32.6 Å². The highest BCUT2D eigenvalue weighted by atomic mass is 32.2. The zero-order chi connectivity index (χ0) is 26.0. The third-order valence-electron chi connectivity index (χ3n) is 7.12. The Morgan fingerprint density at radius 3 is 2.46 bits per heavy atom. The summed E-state index contributed by atoms with van der Waals surface area (Å²) < 4.78 is 32.7. The summed E-state index contributed by atoms with van der Waals surface area (Å²) in [5.41, 5.74) is 0.454. The van der Waals surface area contributed by atoms with Crippen molar-refractivity contribution in [2.45, 2.75) is 37.2 Å². The molecule has 0 radical (unpaired) electrons. The van der Waals surface area contributed by atoms with Crippen LogP contribution in [0.25, 0.3) is 10.9 Å². The zero-order valence-corrected chi connectivity index (χ0v) is 21.1. The van der Waals surface area contributed by atoms with Crippen molar-refractivity contribution in [1.82, 2.24) is 15.4 Å². The van der Waals surface area contributed by atoms with Crippen LogP contribution in [-0.2, 0) is 26.0 Å². The topological polar surface area (TPSA) is 126 Å². The van der Waals surface area contributed by atoms with Crippen molar-refractivity contribution in [2.24, 2.45) is 11.3 Å². The number of amides is 2. The predicted molar refractivity (Wildman–Crippen MR) is 135 cm³/mol. The second-order valence-corrected chi connectivity index (χ2v) is 11.8. The van der Waals surface area contributed by atoms with Crippen LogP contribution in [-0.4, -0.2) is 54.3 Å². The number of aromatic nitrogens is 1. The fourth-order valence-corrected chi connectivity index (χ4v) is 6.64. The number of carbonyl (C=O) groups excluding carboxylic acids is 2. The third kappa shape index (κ3) is 5.36. The smallest absolute Gasteiger partial charge is 0.260 e. The maximum absolute atomic E-state index is 13.4. The van der Waals surface area contributed by atoms with Gasteiger partial charge in [0.15, 0.2) is 9.84 Å². The Morgan fingerprint density at radius 2 is 1.76 bits per heavy atom. The molecule has 0 unspecified atom stereocenters. The Hall–Kier alpha value is -3.34. The van der Waals surface area contributed by atoms with Gasteiger partial charge in [-0.05, 0) is 75.2 Å². The summed E-state index contributed by atoms with van der Waals surface area (Å²) in [6.07, 6.45) is 3.40. The standard InChI is InChI=1S/C27H29N3O6S/c31-25(19-5-6-19)30(33)26(32)27(12-15-28-16-13-27)18-37(34,35)22-9-7-21(8-10-22)36-17-20-11-14-29-24-4-2-1-3-23(20)24/h1-4,7-11,14,19,28,33H,5-6,12-13,15-18H2. The van der Waals surface area contributed by atoms with Crippen LogP contribution in [0.2, 0.25) is 0 Å². The highest BCUT2D eigenvalue weighted by Gasteiger charge is 2.49. The summed E-state index contributed by atoms with van der Waals surface area (Å²) in [7, 11) is -3.90. The average molecular weight is 524 g/mol. The number of hydroxylamine groups is 2. The average Bonchev–Trinajstić information content (AvgIpc) is 3.77. The lowest BCUT2D eigenvalue weighted by Gasteiger charge is -2.37. The first-order chi connectivity index (χ1) is 17.8. The SMILES string of the molecule is O=C(C1CC1)N(O)C(=O)C1(CS(=O)(=O)c2ccc(OCc3ccnc4ccccc34)cc2)CCNCC1. The molecule has 2 heterocycles. The van der Waals surface area contributed by atoms with E-state index in [1.165, 1.54) is 12.1 Å². The van der Waals surface area contributed by atoms with Gasteiger partial charge in [-0.3, -0.25) is 19.8 Å². The second kappa shape index (κ2) is 10.2. The molecule has 2 fully saturated rings. The summed E-state index contributed by atoms with van der Waals surface area (Å²) in [6.45, 7) is 1.13. The van der Waals surface area contributed by atoms with Gasteiger partial charge in [-0.1, -0.05) is 18.2 Å². The number of benzene rings is 2. The molecule has 2 aliphatic rings. The molecule has 2 aromatic carbocycles. The number of nitrogens with one attached hydrogen (secondary N) is 1. The number of pyridine rings is 1. The molecule has 9 nitrogen and oxygen atoms in total. The maximum Gasteiger partial charge on any atom is 0.260 e. The molecule has 1 aromatic heterocycles. The van der Waals surface area contributed by atoms with E-state index in [0.29, 0.717) is 38.3 Å². The van der Waals surface area contributed by atoms with Crippen molar-refractivity contribution in [2.75, 3.05) is 18.8 Å². The first-order valence-electron chi connectivity index (χ1n) is 12.4. The molecule has 1 saturated carbocycles. The molecule has 0 atom stereocenters. The monoisotopic (exact) mass is 523 g/mol.